The Morgan fingerprint density at radius 1 is 0.857 bits per heavy atom. The summed E-state index contributed by atoms with van der Waals surface area (Å²) in [6, 6.07) is 5.72. The van der Waals surface area contributed by atoms with Crippen molar-refractivity contribution in [3.63, 3.8) is 0 Å². The zero-order valence-corrected chi connectivity index (χ0v) is 6.99. The zero-order valence-electron chi connectivity index (χ0n) is 3.78. The Bertz CT molecular complexity index is 80.0. The van der Waals surface area contributed by atoms with Crippen LogP contribution in [0.3, 0.4) is 0 Å². The van der Waals surface area contributed by atoms with Crippen molar-refractivity contribution in [2.45, 2.75) is 0 Å². The van der Waals surface area contributed by atoms with Gasteiger partial charge in [-0.1, -0.05) is 6.07 Å². The molecule has 7 heavy (non-hydrogen) atoms. The number of hydrogen-bond acceptors (Lipinski definition) is 1. The zero-order chi connectivity index (χ0) is 4.24. The number of aromatic nitrogens is 1. The third-order valence-electron chi connectivity index (χ3n) is 0.566. The van der Waals surface area contributed by atoms with Crippen LogP contribution in [0.1, 0.15) is 0 Å². The molecule has 0 aliphatic rings. The minimum absolute atomic E-state index is 0. The van der Waals surface area contributed by atoms with E-state index in [1.807, 2.05) is 18.2 Å². The molecule has 1 heterocycles. The van der Waals surface area contributed by atoms with Gasteiger partial charge < -0.3 is 0 Å². The van der Waals surface area contributed by atoms with E-state index in [4.69, 9.17) is 0 Å². The molecule has 0 spiro atoms. The molecule has 0 saturated heterocycles. The quantitative estimate of drug-likeness (QED) is 0.680. The van der Waals surface area contributed by atoms with Crippen LogP contribution in [0, 0.1) is 0 Å². The molecule has 35 valence electrons. The fourth-order valence-corrected chi connectivity index (χ4v) is 0.313. The molecule has 0 bridgehead atoms. The van der Waals surface area contributed by atoms with Gasteiger partial charge in [-0.15, -0.1) is 0 Å². The predicted octanol–water partition coefficient (Wildman–Crippen LogP) is 1.08. The average Bonchev–Trinajstić information content (AvgIpc) is 1.72. The van der Waals surface area contributed by atoms with Crippen molar-refractivity contribution in [2.24, 2.45) is 0 Å². The third kappa shape index (κ3) is 2.57. The smallest absolute Gasteiger partial charge is 0.0267 e. The van der Waals surface area contributed by atoms with Crippen molar-refractivity contribution in [3.8, 4) is 0 Å². The Kier molecular flexibility index (Phi) is 4.00. The van der Waals surface area contributed by atoms with Crippen LogP contribution in [0.15, 0.2) is 30.6 Å². The molecule has 0 amide bonds. The molecule has 1 rings (SSSR count). The molecule has 0 atom stereocenters. The van der Waals surface area contributed by atoms with Gasteiger partial charge in [0.25, 0.3) is 0 Å². The molecule has 1 aromatic heterocycles. The summed E-state index contributed by atoms with van der Waals surface area (Å²) in [7, 11) is 0. The van der Waals surface area contributed by atoms with Crippen molar-refractivity contribution >= 4 is 0 Å². The van der Waals surface area contributed by atoms with Crippen LogP contribution in [0.4, 0.5) is 0 Å². The largest absolute Gasteiger partial charge is 0.265 e. The minimum Gasteiger partial charge on any atom is -0.265 e. The molecule has 0 aliphatic heterocycles. The Labute approximate surface area is 58.3 Å². The normalized spacial score (nSPS) is 6.86. The molecular formula is C5H5NTa. The summed E-state index contributed by atoms with van der Waals surface area (Å²) in [5.74, 6) is 0. The van der Waals surface area contributed by atoms with E-state index in [2.05, 4.69) is 4.98 Å². The number of rotatable bonds is 0. The number of hydrogen-bond donors (Lipinski definition) is 0. The average molecular weight is 260 g/mol. The van der Waals surface area contributed by atoms with Gasteiger partial charge >= 0.3 is 0 Å². The van der Waals surface area contributed by atoms with Crippen LogP contribution in [0.2, 0.25) is 0 Å². The second-order valence-electron chi connectivity index (χ2n) is 1.02. The molecule has 0 fully saturated rings. The fourth-order valence-electron chi connectivity index (χ4n) is 0.313. The molecule has 0 aromatic carbocycles. The first-order valence-corrected chi connectivity index (χ1v) is 1.85. The van der Waals surface area contributed by atoms with Gasteiger partial charge in [0.2, 0.25) is 0 Å². The molecule has 1 aromatic rings. The third-order valence-corrected chi connectivity index (χ3v) is 0.566. The molecule has 0 N–H and O–H groups in total. The number of nitrogens with zero attached hydrogens (tertiary/aromatic N) is 1. The van der Waals surface area contributed by atoms with Gasteiger partial charge in [-0.05, 0) is 12.1 Å². The van der Waals surface area contributed by atoms with Crippen LogP contribution in [0.5, 0.6) is 0 Å². The van der Waals surface area contributed by atoms with Crippen molar-refractivity contribution < 1.29 is 22.4 Å². The summed E-state index contributed by atoms with van der Waals surface area (Å²) >= 11 is 0. The van der Waals surface area contributed by atoms with E-state index >= 15 is 0 Å². The van der Waals surface area contributed by atoms with E-state index in [-0.39, 0.29) is 22.4 Å². The van der Waals surface area contributed by atoms with E-state index in [9.17, 15) is 0 Å². The maximum atomic E-state index is 3.78. The molecule has 1 radical (unpaired) electrons. The van der Waals surface area contributed by atoms with Crippen molar-refractivity contribution in [2.75, 3.05) is 0 Å². The molecule has 2 heteroatoms. The van der Waals surface area contributed by atoms with E-state index < -0.39 is 0 Å². The maximum Gasteiger partial charge on any atom is 0.0267 e. The van der Waals surface area contributed by atoms with Crippen molar-refractivity contribution in [1.29, 1.82) is 0 Å². The summed E-state index contributed by atoms with van der Waals surface area (Å²) in [4.78, 5) is 3.78. The summed E-state index contributed by atoms with van der Waals surface area (Å²) in [5.41, 5.74) is 0. The summed E-state index contributed by atoms with van der Waals surface area (Å²) in [6.07, 6.45) is 3.50. The Morgan fingerprint density at radius 2 is 1.43 bits per heavy atom. The monoisotopic (exact) mass is 260 g/mol. The first-order valence-electron chi connectivity index (χ1n) is 1.85. The first-order chi connectivity index (χ1) is 3.00. The topological polar surface area (TPSA) is 12.9 Å². The summed E-state index contributed by atoms with van der Waals surface area (Å²) < 4.78 is 0. The number of pyridine rings is 1. The Hall–Kier alpha value is -0.110. The van der Waals surface area contributed by atoms with Gasteiger partial charge in [0, 0.05) is 34.8 Å². The standard InChI is InChI=1S/C5H5N.Ta/c1-2-4-6-5-3-1;/h1-5H;. The van der Waals surface area contributed by atoms with Gasteiger partial charge in [0.1, 0.15) is 0 Å². The molecule has 0 aliphatic carbocycles. The van der Waals surface area contributed by atoms with Gasteiger partial charge in [0.15, 0.2) is 0 Å². The Morgan fingerprint density at radius 3 is 1.57 bits per heavy atom. The second kappa shape index (κ2) is 4.06. The van der Waals surface area contributed by atoms with E-state index in [0.29, 0.717) is 0 Å². The molecule has 0 unspecified atom stereocenters. The summed E-state index contributed by atoms with van der Waals surface area (Å²) in [5, 5.41) is 0. The Balaban J connectivity index is 0.000000360. The van der Waals surface area contributed by atoms with Gasteiger partial charge in [0.05, 0.1) is 0 Å². The maximum absolute atomic E-state index is 3.78. The van der Waals surface area contributed by atoms with Crippen molar-refractivity contribution in [1.82, 2.24) is 4.98 Å². The predicted molar refractivity (Wildman–Crippen MR) is 24.2 cm³/mol. The van der Waals surface area contributed by atoms with Crippen molar-refractivity contribution in [3.05, 3.63) is 30.6 Å². The van der Waals surface area contributed by atoms with Gasteiger partial charge in [-0.2, -0.15) is 0 Å². The second-order valence-corrected chi connectivity index (χ2v) is 1.02. The van der Waals surface area contributed by atoms with Crippen LogP contribution in [-0.4, -0.2) is 4.98 Å². The van der Waals surface area contributed by atoms with Crippen LogP contribution in [0.25, 0.3) is 0 Å². The van der Waals surface area contributed by atoms with E-state index in [0.717, 1.165) is 0 Å². The molecular weight excluding hydrogens is 255 g/mol. The van der Waals surface area contributed by atoms with Crippen LogP contribution in [-0.2, 0) is 22.4 Å². The minimum atomic E-state index is 0. The summed E-state index contributed by atoms with van der Waals surface area (Å²) in [6.45, 7) is 0. The fraction of sp³-hybridized carbons (Fsp3) is 0. The van der Waals surface area contributed by atoms with Gasteiger partial charge in [-0.3, -0.25) is 4.98 Å². The van der Waals surface area contributed by atoms with E-state index in [1.165, 1.54) is 0 Å². The molecule has 0 saturated carbocycles. The van der Waals surface area contributed by atoms with Gasteiger partial charge in [-0.25, -0.2) is 0 Å². The molecule has 1 nitrogen and oxygen atoms in total. The first kappa shape index (κ1) is 6.89. The van der Waals surface area contributed by atoms with E-state index in [1.54, 1.807) is 12.4 Å². The SMILES string of the molecule is [Ta].c1ccncc1. The van der Waals surface area contributed by atoms with Crippen LogP contribution >= 0.6 is 0 Å². The van der Waals surface area contributed by atoms with Crippen LogP contribution < -0.4 is 0 Å².